The molecule has 0 aromatic heterocycles. The SMILES string of the molecule is CC(C)(C)C1CCN(C(=O)C(CC(=O)O)NC(=O)OCC2c3ccccc3-c3ccccc32)CC1. The van der Waals surface area contributed by atoms with Crippen molar-refractivity contribution in [2.24, 2.45) is 11.3 Å². The van der Waals surface area contributed by atoms with Crippen LogP contribution < -0.4 is 5.32 Å². The number of hydrogen-bond donors (Lipinski definition) is 2. The van der Waals surface area contributed by atoms with Crippen molar-refractivity contribution in [1.82, 2.24) is 10.2 Å². The number of hydrogen-bond acceptors (Lipinski definition) is 4. The second kappa shape index (κ2) is 10.1. The number of amides is 2. The minimum Gasteiger partial charge on any atom is -0.481 e. The highest BCUT2D eigenvalue weighted by Gasteiger charge is 2.35. The number of carbonyl (C=O) groups excluding carboxylic acids is 2. The molecule has 0 spiro atoms. The number of carboxylic acid groups (broad SMARTS) is 1. The Morgan fingerprint density at radius 1 is 1.00 bits per heavy atom. The van der Waals surface area contributed by atoms with Crippen LogP contribution in [0.3, 0.4) is 0 Å². The number of carboxylic acids is 1. The van der Waals surface area contributed by atoms with Crippen LogP contribution in [0.4, 0.5) is 4.79 Å². The van der Waals surface area contributed by atoms with E-state index in [1.165, 1.54) is 0 Å². The van der Waals surface area contributed by atoms with Crippen molar-refractivity contribution in [2.45, 2.75) is 52.0 Å². The van der Waals surface area contributed by atoms with Crippen molar-refractivity contribution < 1.29 is 24.2 Å². The van der Waals surface area contributed by atoms with Crippen LogP contribution in [0.1, 0.15) is 57.1 Å². The monoisotopic (exact) mass is 478 g/mol. The first-order valence-corrected chi connectivity index (χ1v) is 12.3. The Kier molecular flexibility index (Phi) is 7.15. The molecule has 1 atom stereocenters. The third-order valence-electron chi connectivity index (χ3n) is 7.34. The summed E-state index contributed by atoms with van der Waals surface area (Å²) in [5.41, 5.74) is 4.57. The number of aliphatic carboxylic acids is 1. The average Bonchev–Trinajstić information content (AvgIpc) is 3.15. The molecule has 35 heavy (non-hydrogen) atoms. The van der Waals surface area contributed by atoms with Crippen LogP contribution in [0.5, 0.6) is 0 Å². The molecule has 2 aliphatic rings. The Morgan fingerprint density at radius 2 is 1.54 bits per heavy atom. The van der Waals surface area contributed by atoms with E-state index < -0.39 is 24.5 Å². The Morgan fingerprint density at radius 3 is 2.06 bits per heavy atom. The van der Waals surface area contributed by atoms with Gasteiger partial charge in [-0.3, -0.25) is 9.59 Å². The van der Waals surface area contributed by atoms with E-state index in [9.17, 15) is 19.5 Å². The number of ether oxygens (including phenoxy) is 1. The first kappa shape index (κ1) is 24.8. The maximum Gasteiger partial charge on any atom is 0.407 e. The summed E-state index contributed by atoms with van der Waals surface area (Å²) in [4.78, 5) is 38.9. The summed E-state index contributed by atoms with van der Waals surface area (Å²) in [7, 11) is 0. The van der Waals surface area contributed by atoms with Gasteiger partial charge in [-0.2, -0.15) is 0 Å². The minimum absolute atomic E-state index is 0.102. The lowest BCUT2D eigenvalue weighted by molar-refractivity contribution is -0.143. The normalized spacial score (nSPS) is 16.8. The number of likely N-dealkylation sites (tertiary alicyclic amines) is 1. The number of nitrogens with one attached hydrogen (secondary N) is 1. The number of nitrogens with zero attached hydrogens (tertiary/aromatic N) is 1. The molecule has 7 heteroatoms. The molecule has 2 aromatic rings. The van der Waals surface area contributed by atoms with Crippen LogP contribution in [0.2, 0.25) is 0 Å². The molecule has 0 bridgehead atoms. The van der Waals surface area contributed by atoms with Crippen molar-refractivity contribution in [2.75, 3.05) is 19.7 Å². The van der Waals surface area contributed by atoms with Crippen molar-refractivity contribution in [3.05, 3.63) is 59.7 Å². The molecule has 1 aliphatic carbocycles. The zero-order valence-corrected chi connectivity index (χ0v) is 20.6. The van der Waals surface area contributed by atoms with Gasteiger partial charge in [-0.05, 0) is 46.4 Å². The van der Waals surface area contributed by atoms with E-state index in [4.69, 9.17) is 4.74 Å². The lowest BCUT2D eigenvalue weighted by atomic mass is 9.75. The van der Waals surface area contributed by atoms with Gasteiger partial charge in [-0.1, -0.05) is 69.3 Å². The average molecular weight is 479 g/mol. The van der Waals surface area contributed by atoms with Crippen molar-refractivity contribution in [1.29, 1.82) is 0 Å². The van der Waals surface area contributed by atoms with E-state index >= 15 is 0 Å². The number of alkyl carbamates (subject to hydrolysis) is 1. The summed E-state index contributed by atoms with van der Waals surface area (Å²) in [5, 5.41) is 11.9. The van der Waals surface area contributed by atoms with Gasteiger partial charge < -0.3 is 20.1 Å². The summed E-state index contributed by atoms with van der Waals surface area (Å²) in [6, 6.07) is 14.9. The highest BCUT2D eigenvalue weighted by molar-refractivity contribution is 5.89. The van der Waals surface area contributed by atoms with Gasteiger partial charge in [0.2, 0.25) is 5.91 Å². The van der Waals surface area contributed by atoms with Crippen LogP contribution in [-0.2, 0) is 14.3 Å². The van der Waals surface area contributed by atoms with Gasteiger partial charge in [0, 0.05) is 19.0 Å². The molecule has 0 saturated carbocycles. The van der Waals surface area contributed by atoms with E-state index in [-0.39, 0.29) is 23.8 Å². The lowest BCUT2D eigenvalue weighted by Crippen LogP contribution is -2.52. The van der Waals surface area contributed by atoms with Gasteiger partial charge in [-0.25, -0.2) is 4.79 Å². The first-order valence-electron chi connectivity index (χ1n) is 12.3. The van der Waals surface area contributed by atoms with E-state index in [0.29, 0.717) is 19.0 Å². The summed E-state index contributed by atoms with van der Waals surface area (Å²) in [6.45, 7) is 7.81. The number of fused-ring (bicyclic) bond motifs is 3. The van der Waals surface area contributed by atoms with Gasteiger partial charge >= 0.3 is 12.1 Å². The Balaban J connectivity index is 1.39. The Labute approximate surface area is 206 Å². The summed E-state index contributed by atoms with van der Waals surface area (Å²) >= 11 is 0. The Bertz CT molecular complexity index is 1050. The van der Waals surface area contributed by atoms with Crippen LogP contribution in [0.15, 0.2) is 48.5 Å². The molecule has 1 heterocycles. The van der Waals surface area contributed by atoms with E-state index in [1.807, 2.05) is 36.4 Å². The van der Waals surface area contributed by atoms with Crippen LogP contribution in [0, 0.1) is 11.3 Å². The third kappa shape index (κ3) is 5.50. The maximum absolute atomic E-state index is 13.1. The van der Waals surface area contributed by atoms with Crippen LogP contribution in [0.25, 0.3) is 11.1 Å². The van der Waals surface area contributed by atoms with Gasteiger partial charge in [0.1, 0.15) is 12.6 Å². The molecule has 4 rings (SSSR count). The molecule has 0 radical (unpaired) electrons. The lowest BCUT2D eigenvalue weighted by Gasteiger charge is -2.39. The molecule has 186 valence electrons. The molecule has 1 saturated heterocycles. The smallest absolute Gasteiger partial charge is 0.407 e. The van der Waals surface area contributed by atoms with Gasteiger partial charge in [-0.15, -0.1) is 0 Å². The fraction of sp³-hybridized carbons (Fsp3) is 0.464. The highest BCUT2D eigenvalue weighted by Crippen LogP contribution is 2.44. The molecule has 2 aromatic carbocycles. The second-order valence-corrected chi connectivity index (χ2v) is 10.6. The number of carbonyl (C=O) groups is 3. The molecule has 1 fully saturated rings. The van der Waals surface area contributed by atoms with Gasteiger partial charge in [0.05, 0.1) is 6.42 Å². The van der Waals surface area contributed by atoms with Crippen molar-refractivity contribution >= 4 is 18.0 Å². The zero-order chi connectivity index (χ0) is 25.2. The van der Waals surface area contributed by atoms with Gasteiger partial charge in [0.15, 0.2) is 0 Å². The third-order valence-corrected chi connectivity index (χ3v) is 7.34. The fourth-order valence-electron chi connectivity index (χ4n) is 5.34. The molecular formula is C28H34N2O5. The summed E-state index contributed by atoms with van der Waals surface area (Å²) in [6.07, 6.45) is 0.457. The first-order chi connectivity index (χ1) is 16.6. The molecule has 1 unspecified atom stereocenters. The predicted octanol–water partition coefficient (Wildman–Crippen LogP) is 4.65. The largest absolute Gasteiger partial charge is 0.481 e. The fourth-order valence-corrected chi connectivity index (χ4v) is 5.34. The standard InChI is InChI=1S/C28H34N2O5/c1-28(2,3)18-12-14-30(15-13-18)26(33)24(16-25(31)32)29-27(34)35-17-23-21-10-6-4-8-19(21)20-9-5-7-11-22(20)23/h4-11,18,23-24H,12-17H2,1-3H3,(H,29,34)(H,31,32). The predicted molar refractivity (Wildman–Crippen MR) is 133 cm³/mol. The number of rotatable bonds is 6. The topological polar surface area (TPSA) is 95.9 Å². The van der Waals surface area contributed by atoms with E-state index in [1.54, 1.807) is 4.90 Å². The molecule has 2 N–H and O–H groups in total. The minimum atomic E-state index is -1.16. The van der Waals surface area contributed by atoms with Crippen LogP contribution >= 0.6 is 0 Å². The van der Waals surface area contributed by atoms with E-state index in [0.717, 1.165) is 35.1 Å². The van der Waals surface area contributed by atoms with Crippen molar-refractivity contribution in [3.63, 3.8) is 0 Å². The number of piperidine rings is 1. The van der Waals surface area contributed by atoms with Gasteiger partial charge in [0.25, 0.3) is 0 Å². The maximum atomic E-state index is 13.1. The second-order valence-electron chi connectivity index (χ2n) is 10.6. The quantitative estimate of drug-likeness (QED) is 0.630. The summed E-state index contributed by atoms with van der Waals surface area (Å²) < 4.78 is 5.54. The molecule has 1 aliphatic heterocycles. The molecule has 7 nitrogen and oxygen atoms in total. The van der Waals surface area contributed by atoms with Crippen LogP contribution in [-0.4, -0.2) is 53.7 Å². The number of benzene rings is 2. The summed E-state index contributed by atoms with van der Waals surface area (Å²) in [5.74, 6) is -1.13. The highest BCUT2D eigenvalue weighted by atomic mass is 16.5. The van der Waals surface area contributed by atoms with Crippen molar-refractivity contribution in [3.8, 4) is 11.1 Å². The van der Waals surface area contributed by atoms with E-state index in [2.05, 4.69) is 38.2 Å². The zero-order valence-electron chi connectivity index (χ0n) is 20.6. The molecule has 2 amide bonds. The molecular weight excluding hydrogens is 444 g/mol. The Hall–Kier alpha value is -3.35.